The van der Waals surface area contributed by atoms with Crippen LogP contribution >= 0.6 is 11.3 Å². The van der Waals surface area contributed by atoms with E-state index in [1.165, 1.54) is 23.5 Å². The summed E-state index contributed by atoms with van der Waals surface area (Å²) in [6.07, 6.45) is 4.63. The molecule has 0 aliphatic carbocycles. The first-order valence-electron chi connectivity index (χ1n) is 8.51. The Balaban J connectivity index is 1.76. The SMILES string of the molecule is CCc1nc(CCNC(=NC)N2CCC(CC(C)C)C2)cs1. The van der Waals surface area contributed by atoms with Crippen LogP contribution in [0.15, 0.2) is 10.4 Å². The molecule has 2 heterocycles. The number of aliphatic imine (C=N–C) groups is 1. The Hall–Kier alpha value is -1.10. The topological polar surface area (TPSA) is 40.5 Å². The van der Waals surface area contributed by atoms with E-state index in [0.717, 1.165) is 50.3 Å². The van der Waals surface area contributed by atoms with Crippen molar-refractivity contribution in [1.82, 2.24) is 15.2 Å². The van der Waals surface area contributed by atoms with E-state index < -0.39 is 0 Å². The zero-order valence-electron chi connectivity index (χ0n) is 14.4. The molecule has 1 fully saturated rings. The first-order chi connectivity index (χ1) is 10.6. The summed E-state index contributed by atoms with van der Waals surface area (Å²) in [6, 6.07) is 0. The van der Waals surface area contributed by atoms with Gasteiger partial charge in [0.2, 0.25) is 0 Å². The summed E-state index contributed by atoms with van der Waals surface area (Å²) < 4.78 is 0. The van der Waals surface area contributed by atoms with Gasteiger partial charge in [0, 0.05) is 38.5 Å². The van der Waals surface area contributed by atoms with Gasteiger partial charge < -0.3 is 10.2 Å². The van der Waals surface area contributed by atoms with Crippen LogP contribution in [0.2, 0.25) is 0 Å². The lowest BCUT2D eigenvalue weighted by Gasteiger charge is -2.22. The molecule has 1 unspecified atom stereocenters. The minimum atomic E-state index is 0.789. The molecule has 22 heavy (non-hydrogen) atoms. The van der Waals surface area contributed by atoms with Gasteiger partial charge in [0.1, 0.15) is 0 Å². The Morgan fingerprint density at radius 2 is 2.36 bits per heavy atom. The molecule has 124 valence electrons. The highest BCUT2D eigenvalue weighted by molar-refractivity contribution is 7.09. The maximum Gasteiger partial charge on any atom is 0.193 e. The Labute approximate surface area is 139 Å². The molecule has 1 aromatic rings. The molecule has 1 atom stereocenters. The maximum atomic E-state index is 4.62. The Morgan fingerprint density at radius 1 is 1.55 bits per heavy atom. The summed E-state index contributed by atoms with van der Waals surface area (Å²) in [4.78, 5) is 11.5. The van der Waals surface area contributed by atoms with Crippen molar-refractivity contribution in [3.63, 3.8) is 0 Å². The zero-order valence-corrected chi connectivity index (χ0v) is 15.2. The van der Waals surface area contributed by atoms with Crippen LogP contribution in [-0.2, 0) is 12.8 Å². The van der Waals surface area contributed by atoms with E-state index in [4.69, 9.17) is 0 Å². The van der Waals surface area contributed by atoms with Gasteiger partial charge in [0.05, 0.1) is 10.7 Å². The van der Waals surface area contributed by atoms with Gasteiger partial charge in [-0.2, -0.15) is 0 Å². The highest BCUT2D eigenvalue weighted by Crippen LogP contribution is 2.23. The van der Waals surface area contributed by atoms with Crippen LogP contribution in [0, 0.1) is 11.8 Å². The van der Waals surface area contributed by atoms with Crippen molar-refractivity contribution in [2.75, 3.05) is 26.7 Å². The standard InChI is InChI=1S/C17H30N4S/c1-5-16-20-15(12-22-16)6-8-19-17(18-4)21-9-7-14(11-21)10-13(2)3/h12-14H,5-11H2,1-4H3,(H,18,19). The van der Waals surface area contributed by atoms with E-state index >= 15 is 0 Å². The highest BCUT2D eigenvalue weighted by Gasteiger charge is 2.25. The summed E-state index contributed by atoms with van der Waals surface area (Å²) in [5.74, 6) is 2.67. The van der Waals surface area contributed by atoms with Crippen LogP contribution in [0.3, 0.4) is 0 Å². The van der Waals surface area contributed by atoms with Crippen LogP contribution in [0.25, 0.3) is 0 Å². The molecule has 1 aromatic heterocycles. The third-order valence-electron chi connectivity index (χ3n) is 4.17. The predicted molar refractivity (Wildman–Crippen MR) is 95.7 cm³/mol. The number of likely N-dealkylation sites (tertiary alicyclic amines) is 1. The molecule has 1 aliphatic heterocycles. The number of rotatable bonds is 6. The number of hydrogen-bond acceptors (Lipinski definition) is 3. The molecule has 0 amide bonds. The molecule has 0 bridgehead atoms. The van der Waals surface area contributed by atoms with E-state index in [0.29, 0.717) is 0 Å². The second kappa shape index (κ2) is 8.51. The summed E-state index contributed by atoms with van der Waals surface area (Å²) >= 11 is 1.77. The zero-order chi connectivity index (χ0) is 15.9. The molecule has 1 N–H and O–H groups in total. The van der Waals surface area contributed by atoms with E-state index in [1.54, 1.807) is 11.3 Å². The highest BCUT2D eigenvalue weighted by atomic mass is 32.1. The van der Waals surface area contributed by atoms with Gasteiger partial charge in [0.25, 0.3) is 0 Å². The largest absolute Gasteiger partial charge is 0.356 e. The van der Waals surface area contributed by atoms with E-state index in [2.05, 4.69) is 46.3 Å². The molecule has 0 aromatic carbocycles. The normalized spacial score (nSPS) is 19.2. The minimum absolute atomic E-state index is 0.789. The molecule has 0 saturated carbocycles. The number of aryl methyl sites for hydroxylation is 1. The number of aromatic nitrogens is 1. The summed E-state index contributed by atoms with van der Waals surface area (Å²) in [7, 11) is 1.89. The van der Waals surface area contributed by atoms with Crippen LogP contribution in [0.4, 0.5) is 0 Å². The molecule has 1 saturated heterocycles. The van der Waals surface area contributed by atoms with Gasteiger partial charge in [-0.15, -0.1) is 11.3 Å². The Kier molecular flexibility index (Phi) is 6.68. The lowest BCUT2D eigenvalue weighted by atomic mass is 9.97. The average molecular weight is 323 g/mol. The third kappa shape index (κ3) is 4.97. The van der Waals surface area contributed by atoms with Crippen molar-refractivity contribution in [2.45, 2.75) is 46.5 Å². The molecular weight excluding hydrogens is 292 g/mol. The molecule has 0 spiro atoms. The fourth-order valence-corrected chi connectivity index (χ4v) is 3.92. The van der Waals surface area contributed by atoms with Crippen LogP contribution in [-0.4, -0.2) is 42.5 Å². The van der Waals surface area contributed by atoms with Crippen molar-refractivity contribution in [2.24, 2.45) is 16.8 Å². The second-order valence-corrected chi connectivity index (χ2v) is 7.48. The maximum absolute atomic E-state index is 4.62. The lowest BCUT2D eigenvalue weighted by Crippen LogP contribution is -2.40. The van der Waals surface area contributed by atoms with E-state index in [9.17, 15) is 0 Å². The van der Waals surface area contributed by atoms with E-state index in [1.807, 2.05) is 7.05 Å². The quantitative estimate of drug-likeness (QED) is 0.646. The van der Waals surface area contributed by atoms with Crippen molar-refractivity contribution in [3.8, 4) is 0 Å². The molecule has 5 heteroatoms. The first-order valence-corrected chi connectivity index (χ1v) is 9.39. The summed E-state index contributed by atoms with van der Waals surface area (Å²) in [6.45, 7) is 9.97. The van der Waals surface area contributed by atoms with Gasteiger partial charge in [0.15, 0.2) is 5.96 Å². The molecule has 1 aliphatic rings. The smallest absolute Gasteiger partial charge is 0.193 e. The Morgan fingerprint density at radius 3 is 3.00 bits per heavy atom. The second-order valence-electron chi connectivity index (χ2n) is 6.54. The third-order valence-corrected chi connectivity index (χ3v) is 5.21. The van der Waals surface area contributed by atoms with Crippen LogP contribution in [0.5, 0.6) is 0 Å². The van der Waals surface area contributed by atoms with Crippen LogP contribution < -0.4 is 5.32 Å². The van der Waals surface area contributed by atoms with Crippen LogP contribution in [0.1, 0.15) is 44.3 Å². The molecule has 4 nitrogen and oxygen atoms in total. The molecular formula is C17H30N4S. The van der Waals surface area contributed by atoms with Crippen molar-refractivity contribution >= 4 is 17.3 Å². The predicted octanol–water partition coefficient (Wildman–Crippen LogP) is 3.19. The van der Waals surface area contributed by atoms with Crippen molar-refractivity contribution < 1.29 is 0 Å². The number of guanidine groups is 1. The first kappa shape index (κ1) is 17.3. The van der Waals surface area contributed by atoms with Gasteiger partial charge >= 0.3 is 0 Å². The van der Waals surface area contributed by atoms with Gasteiger partial charge in [-0.3, -0.25) is 4.99 Å². The van der Waals surface area contributed by atoms with Gasteiger partial charge in [-0.1, -0.05) is 20.8 Å². The fraction of sp³-hybridized carbons (Fsp3) is 0.765. The van der Waals surface area contributed by atoms with Crippen molar-refractivity contribution in [1.29, 1.82) is 0 Å². The Bertz CT molecular complexity index is 481. The number of hydrogen-bond donors (Lipinski definition) is 1. The molecule has 2 rings (SSSR count). The monoisotopic (exact) mass is 322 g/mol. The fourth-order valence-electron chi connectivity index (χ4n) is 3.14. The molecule has 0 radical (unpaired) electrons. The number of nitrogens with zero attached hydrogens (tertiary/aromatic N) is 3. The summed E-state index contributed by atoms with van der Waals surface area (Å²) in [5, 5.41) is 6.91. The summed E-state index contributed by atoms with van der Waals surface area (Å²) in [5.41, 5.74) is 1.20. The number of nitrogens with one attached hydrogen (secondary N) is 1. The number of thiazole rings is 1. The average Bonchev–Trinajstić information content (AvgIpc) is 3.12. The lowest BCUT2D eigenvalue weighted by molar-refractivity contribution is 0.403. The van der Waals surface area contributed by atoms with Gasteiger partial charge in [-0.25, -0.2) is 4.98 Å². The van der Waals surface area contributed by atoms with Gasteiger partial charge in [-0.05, 0) is 31.1 Å². The van der Waals surface area contributed by atoms with Crippen molar-refractivity contribution in [3.05, 3.63) is 16.1 Å². The van der Waals surface area contributed by atoms with E-state index in [-0.39, 0.29) is 0 Å². The minimum Gasteiger partial charge on any atom is -0.356 e.